The molecule has 0 radical (unpaired) electrons. The average Bonchev–Trinajstić information content (AvgIpc) is 2.94. The summed E-state index contributed by atoms with van der Waals surface area (Å²) in [5.41, 5.74) is 0.991. The van der Waals surface area contributed by atoms with Crippen molar-refractivity contribution in [3.05, 3.63) is 35.5 Å². The van der Waals surface area contributed by atoms with Gasteiger partial charge >= 0.3 is 0 Å². The van der Waals surface area contributed by atoms with Gasteiger partial charge in [0.25, 0.3) is 0 Å². The first-order valence-electron chi connectivity index (χ1n) is 5.19. The van der Waals surface area contributed by atoms with E-state index in [1.54, 1.807) is 13.0 Å². The number of aryl methyl sites for hydroxylation is 1. The summed E-state index contributed by atoms with van der Waals surface area (Å²) in [5.74, 6) is 2.57. The highest BCUT2D eigenvalue weighted by atomic mass is 16.7. The standard InChI is InChI=1S/C12H10N2O3/c1-8-13-14-12(17-8)5-3-9-2-4-10-11(6-9)16-7-15-10/h2-6H,7H2,1H3. The Morgan fingerprint density at radius 2 is 2.00 bits per heavy atom. The number of rotatable bonds is 2. The molecule has 0 unspecified atom stereocenters. The summed E-state index contributed by atoms with van der Waals surface area (Å²) in [7, 11) is 0. The van der Waals surface area contributed by atoms with Gasteiger partial charge in [0.1, 0.15) is 0 Å². The van der Waals surface area contributed by atoms with E-state index >= 15 is 0 Å². The second kappa shape index (κ2) is 3.93. The van der Waals surface area contributed by atoms with Gasteiger partial charge in [-0.05, 0) is 23.8 Å². The number of aromatic nitrogens is 2. The summed E-state index contributed by atoms with van der Waals surface area (Å²) in [5, 5.41) is 7.62. The average molecular weight is 230 g/mol. The predicted molar refractivity (Wildman–Crippen MR) is 60.5 cm³/mol. The predicted octanol–water partition coefficient (Wildman–Crippen LogP) is 2.28. The summed E-state index contributed by atoms with van der Waals surface area (Å²) < 4.78 is 15.8. The maximum Gasteiger partial charge on any atom is 0.240 e. The van der Waals surface area contributed by atoms with E-state index in [0.717, 1.165) is 17.1 Å². The van der Waals surface area contributed by atoms with Gasteiger partial charge in [-0.15, -0.1) is 10.2 Å². The van der Waals surface area contributed by atoms with Crippen molar-refractivity contribution in [3.8, 4) is 11.5 Å². The summed E-state index contributed by atoms with van der Waals surface area (Å²) >= 11 is 0. The Bertz CT molecular complexity index is 575. The summed E-state index contributed by atoms with van der Waals surface area (Å²) in [6.45, 7) is 2.04. The number of nitrogens with zero attached hydrogens (tertiary/aromatic N) is 2. The number of benzene rings is 1. The largest absolute Gasteiger partial charge is 0.454 e. The van der Waals surface area contributed by atoms with Crippen LogP contribution in [0.2, 0.25) is 0 Å². The van der Waals surface area contributed by atoms with Crippen molar-refractivity contribution >= 4 is 12.2 Å². The van der Waals surface area contributed by atoms with Crippen LogP contribution < -0.4 is 9.47 Å². The molecule has 5 nitrogen and oxygen atoms in total. The lowest BCUT2D eigenvalue weighted by Gasteiger charge is -1.96. The maximum absolute atomic E-state index is 5.29. The van der Waals surface area contributed by atoms with E-state index in [1.807, 2.05) is 24.3 Å². The second-order valence-electron chi connectivity index (χ2n) is 3.61. The van der Waals surface area contributed by atoms with E-state index in [1.165, 1.54) is 0 Å². The van der Waals surface area contributed by atoms with Gasteiger partial charge in [-0.2, -0.15) is 0 Å². The molecular formula is C12H10N2O3. The minimum absolute atomic E-state index is 0.283. The van der Waals surface area contributed by atoms with E-state index < -0.39 is 0 Å². The minimum Gasteiger partial charge on any atom is -0.454 e. The lowest BCUT2D eigenvalue weighted by atomic mass is 10.2. The first-order chi connectivity index (χ1) is 8.31. The topological polar surface area (TPSA) is 57.4 Å². The van der Waals surface area contributed by atoms with Gasteiger partial charge in [-0.3, -0.25) is 0 Å². The van der Waals surface area contributed by atoms with Gasteiger partial charge in [0.15, 0.2) is 11.5 Å². The highest BCUT2D eigenvalue weighted by Crippen LogP contribution is 2.32. The van der Waals surface area contributed by atoms with Gasteiger partial charge in [0.2, 0.25) is 18.6 Å². The highest BCUT2D eigenvalue weighted by Gasteiger charge is 2.12. The Morgan fingerprint density at radius 3 is 2.82 bits per heavy atom. The first kappa shape index (κ1) is 9.89. The molecule has 5 heteroatoms. The molecule has 0 saturated carbocycles. The van der Waals surface area contributed by atoms with Crippen molar-refractivity contribution in [1.82, 2.24) is 10.2 Å². The van der Waals surface area contributed by atoms with Crippen LogP contribution in [0.3, 0.4) is 0 Å². The fourth-order valence-corrected chi connectivity index (χ4v) is 1.56. The molecule has 17 heavy (non-hydrogen) atoms. The molecule has 0 saturated heterocycles. The zero-order valence-corrected chi connectivity index (χ0v) is 9.21. The Hall–Kier alpha value is -2.30. The van der Waals surface area contributed by atoms with Crippen molar-refractivity contribution < 1.29 is 13.9 Å². The molecule has 0 fully saturated rings. The second-order valence-corrected chi connectivity index (χ2v) is 3.61. The molecule has 3 rings (SSSR count). The smallest absolute Gasteiger partial charge is 0.240 e. The molecular weight excluding hydrogens is 220 g/mol. The molecule has 2 heterocycles. The molecule has 0 N–H and O–H groups in total. The molecule has 1 aliphatic rings. The Labute approximate surface area is 97.7 Å². The fourth-order valence-electron chi connectivity index (χ4n) is 1.56. The van der Waals surface area contributed by atoms with Crippen LogP contribution in [-0.4, -0.2) is 17.0 Å². The van der Waals surface area contributed by atoms with E-state index in [4.69, 9.17) is 13.9 Å². The van der Waals surface area contributed by atoms with Crippen molar-refractivity contribution in [2.24, 2.45) is 0 Å². The molecule has 0 atom stereocenters. The van der Waals surface area contributed by atoms with Crippen LogP contribution >= 0.6 is 0 Å². The van der Waals surface area contributed by atoms with Crippen LogP contribution in [-0.2, 0) is 0 Å². The molecule has 86 valence electrons. The van der Waals surface area contributed by atoms with E-state index in [9.17, 15) is 0 Å². The van der Waals surface area contributed by atoms with Crippen LogP contribution in [0.25, 0.3) is 12.2 Å². The third-order valence-corrected chi connectivity index (χ3v) is 2.36. The third-order valence-electron chi connectivity index (χ3n) is 2.36. The Balaban J connectivity index is 1.83. The summed E-state index contributed by atoms with van der Waals surface area (Å²) in [4.78, 5) is 0. The zero-order chi connectivity index (χ0) is 11.7. The molecule has 0 spiro atoms. The Morgan fingerprint density at radius 1 is 1.12 bits per heavy atom. The van der Waals surface area contributed by atoms with E-state index in [2.05, 4.69) is 10.2 Å². The molecule has 2 aromatic rings. The lowest BCUT2D eigenvalue weighted by molar-refractivity contribution is 0.174. The SMILES string of the molecule is Cc1nnc(C=Cc2ccc3c(c2)OCO3)o1. The molecule has 0 amide bonds. The highest BCUT2D eigenvalue weighted by molar-refractivity contribution is 5.67. The zero-order valence-electron chi connectivity index (χ0n) is 9.21. The molecule has 0 aliphatic carbocycles. The van der Waals surface area contributed by atoms with Crippen LogP contribution in [0.4, 0.5) is 0 Å². The maximum atomic E-state index is 5.29. The number of fused-ring (bicyclic) bond motifs is 1. The van der Waals surface area contributed by atoms with Gasteiger partial charge in [0.05, 0.1) is 0 Å². The van der Waals surface area contributed by atoms with Gasteiger partial charge < -0.3 is 13.9 Å². The monoisotopic (exact) mass is 230 g/mol. The minimum atomic E-state index is 0.283. The van der Waals surface area contributed by atoms with Crippen molar-refractivity contribution in [2.45, 2.75) is 6.92 Å². The van der Waals surface area contributed by atoms with Gasteiger partial charge in [0, 0.05) is 13.0 Å². The fraction of sp³-hybridized carbons (Fsp3) is 0.167. The quantitative estimate of drug-likeness (QED) is 0.792. The van der Waals surface area contributed by atoms with Gasteiger partial charge in [-0.1, -0.05) is 6.07 Å². The molecule has 1 aliphatic heterocycles. The Kier molecular flexibility index (Phi) is 2.29. The molecule has 0 bridgehead atoms. The number of ether oxygens (including phenoxy) is 2. The van der Waals surface area contributed by atoms with Crippen LogP contribution in [0.1, 0.15) is 17.3 Å². The number of hydrogen-bond acceptors (Lipinski definition) is 5. The lowest BCUT2D eigenvalue weighted by Crippen LogP contribution is -1.92. The van der Waals surface area contributed by atoms with Crippen molar-refractivity contribution in [2.75, 3.05) is 6.79 Å². The summed E-state index contributed by atoms with van der Waals surface area (Å²) in [6, 6.07) is 5.72. The van der Waals surface area contributed by atoms with Crippen LogP contribution in [0.5, 0.6) is 11.5 Å². The molecule has 1 aromatic heterocycles. The normalized spacial score (nSPS) is 13.5. The van der Waals surface area contributed by atoms with Crippen LogP contribution in [0.15, 0.2) is 22.6 Å². The van der Waals surface area contributed by atoms with Gasteiger partial charge in [-0.25, -0.2) is 0 Å². The number of hydrogen-bond donors (Lipinski definition) is 0. The van der Waals surface area contributed by atoms with Crippen molar-refractivity contribution in [3.63, 3.8) is 0 Å². The van der Waals surface area contributed by atoms with Crippen molar-refractivity contribution in [1.29, 1.82) is 0 Å². The van der Waals surface area contributed by atoms with E-state index in [-0.39, 0.29) is 6.79 Å². The first-order valence-corrected chi connectivity index (χ1v) is 5.19. The van der Waals surface area contributed by atoms with Crippen LogP contribution in [0, 0.1) is 6.92 Å². The molecule has 1 aromatic carbocycles. The third kappa shape index (κ3) is 1.99. The van der Waals surface area contributed by atoms with E-state index in [0.29, 0.717) is 11.8 Å². The summed E-state index contributed by atoms with van der Waals surface area (Å²) in [6.07, 6.45) is 3.65.